The summed E-state index contributed by atoms with van der Waals surface area (Å²) in [6, 6.07) is 9.00. The number of nitrogens with one attached hydrogen (secondary N) is 1. The monoisotopic (exact) mass is 754 g/mol. The van der Waals surface area contributed by atoms with Gasteiger partial charge >= 0.3 is 30.6 Å². The van der Waals surface area contributed by atoms with E-state index in [2.05, 4.69) is 5.32 Å². The number of nitriles is 2. The summed E-state index contributed by atoms with van der Waals surface area (Å²) < 4.78 is 92.5. The molecule has 0 unspecified atom stereocenters. The fourth-order valence-corrected chi connectivity index (χ4v) is 5.24. The smallest absolute Gasteiger partial charge is 0.416 e. The van der Waals surface area contributed by atoms with Gasteiger partial charge in [-0.25, -0.2) is 14.4 Å². The fourth-order valence-electron chi connectivity index (χ4n) is 5.24. The van der Waals surface area contributed by atoms with Crippen LogP contribution in [0.3, 0.4) is 0 Å². The number of hydrogen-bond donors (Lipinski definition) is 2. The Kier molecular flexibility index (Phi) is 14.3. The zero-order valence-electron chi connectivity index (χ0n) is 29.3. The molecule has 12 nitrogen and oxygen atoms in total. The molecule has 0 aliphatic carbocycles. The Labute approximate surface area is 302 Å². The number of rotatable bonds is 5. The molecular formula is C35H40F6N6O6. The standard InChI is InChI=1S/C20H24F3N3O4.C15H16F3N3O2/c1-19(2,3)30-17(27)25-16-4-6-26(7-5-16)18(28)29-12-14-8-13(11-24)9-15(10-14)20(21,22)23;16-15(17,18)12-6-10(8-19)5-11(7-12)9-23-14(22)21-3-1-13(20)2-4-21/h8-10,16H,4-7,12H2,1-3H3,(H,25,27);5-7,13H,1-4,9,20H2. The molecule has 2 aromatic carbocycles. The average molecular weight is 755 g/mol. The quantitative estimate of drug-likeness (QED) is 0.245. The van der Waals surface area contributed by atoms with Gasteiger partial charge in [0.2, 0.25) is 0 Å². The predicted octanol–water partition coefficient (Wildman–Crippen LogP) is 6.84. The average Bonchev–Trinajstić information content (AvgIpc) is 3.08. The van der Waals surface area contributed by atoms with E-state index in [1.54, 1.807) is 32.9 Å². The van der Waals surface area contributed by atoms with Crippen LogP contribution >= 0.6 is 0 Å². The van der Waals surface area contributed by atoms with Crippen molar-refractivity contribution in [3.63, 3.8) is 0 Å². The van der Waals surface area contributed by atoms with Crippen LogP contribution in [0.25, 0.3) is 0 Å². The molecule has 3 N–H and O–H groups in total. The highest BCUT2D eigenvalue weighted by atomic mass is 19.4. The molecule has 288 valence electrons. The fraction of sp³-hybridized carbons (Fsp3) is 0.514. The first kappa shape index (κ1) is 42.2. The number of amides is 3. The third-order valence-corrected chi connectivity index (χ3v) is 7.89. The SMILES string of the molecule is CC(C)(C)OC(=O)NC1CCN(C(=O)OCc2cc(C#N)cc(C(F)(F)F)c2)CC1.N#Cc1cc(COC(=O)N2CCC(N)CC2)cc(C(F)(F)F)c1. The lowest BCUT2D eigenvalue weighted by Gasteiger charge is -2.32. The molecule has 0 atom stereocenters. The van der Waals surface area contributed by atoms with Gasteiger partial charge in [-0.15, -0.1) is 0 Å². The van der Waals surface area contributed by atoms with Crippen LogP contribution in [0.5, 0.6) is 0 Å². The summed E-state index contributed by atoms with van der Waals surface area (Å²) in [5.74, 6) is 0. The molecule has 2 heterocycles. The summed E-state index contributed by atoms with van der Waals surface area (Å²) in [4.78, 5) is 38.8. The van der Waals surface area contributed by atoms with Gasteiger partial charge < -0.3 is 35.1 Å². The molecule has 3 amide bonds. The summed E-state index contributed by atoms with van der Waals surface area (Å²) in [6.07, 6.45) is -8.62. The van der Waals surface area contributed by atoms with Crippen LogP contribution in [0.4, 0.5) is 40.7 Å². The van der Waals surface area contributed by atoms with Crippen LogP contribution in [-0.4, -0.2) is 71.9 Å². The lowest BCUT2D eigenvalue weighted by molar-refractivity contribution is -0.138. The number of piperidine rings is 2. The van der Waals surface area contributed by atoms with Gasteiger partial charge in [-0.1, -0.05) is 0 Å². The zero-order valence-corrected chi connectivity index (χ0v) is 29.3. The maximum Gasteiger partial charge on any atom is 0.416 e. The number of likely N-dealkylation sites (tertiary alicyclic amines) is 2. The minimum absolute atomic E-state index is 0.0562. The van der Waals surface area contributed by atoms with Crippen LogP contribution in [0, 0.1) is 22.7 Å². The van der Waals surface area contributed by atoms with E-state index in [0.29, 0.717) is 51.9 Å². The van der Waals surface area contributed by atoms with E-state index in [9.17, 15) is 40.7 Å². The summed E-state index contributed by atoms with van der Waals surface area (Å²) in [7, 11) is 0. The largest absolute Gasteiger partial charge is 0.445 e. The molecular weight excluding hydrogens is 714 g/mol. The molecule has 0 saturated carbocycles. The Morgan fingerprint density at radius 2 is 1.13 bits per heavy atom. The molecule has 0 bridgehead atoms. The van der Waals surface area contributed by atoms with Gasteiger partial charge in [0.25, 0.3) is 0 Å². The molecule has 0 radical (unpaired) electrons. The molecule has 2 aromatic rings. The van der Waals surface area contributed by atoms with Crippen LogP contribution in [0.1, 0.15) is 79.8 Å². The van der Waals surface area contributed by atoms with Gasteiger partial charge in [-0.2, -0.15) is 36.9 Å². The topological polar surface area (TPSA) is 171 Å². The summed E-state index contributed by atoms with van der Waals surface area (Å²) >= 11 is 0. The van der Waals surface area contributed by atoms with Crippen molar-refractivity contribution in [2.75, 3.05) is 26.2 Å². The highest BCUT2D eigenvalue weighted by Crippen LogP contribution is 2.32. The van der Waals surface area contributed by atoms with Crippen LogP contribution in [-0.2, 0) is 39.8 Å². The van der Waals surface area contributed by atoms with E-state index in [0.717, 1.165) is 24.3 Å². The van der Waals surface area contributed by atoms with Crippen LogP contribution in [0.15, 0.2) is 36.4 Å². The van der Waals surface area contributed by atoms with Gasteiger partial charge in [0.15, 0.2) is 0 Å². The third-order valence-electron chi connectivity index (χ3n) is 7.89. The van der Waals surface area contributed by atoms with E-state index >= 15 is 0 Å². The number of nitrogens with zero attached hydrogens (tertiary/aromatic N) is 4. The Balaban J connectivity index is 0.000000295. The number of alkyl halides is 6. The van der Waals surface area contributed by atoms with Gasteiger partial charge in [-0.3, -0.25) is 0 Å². The molecule has 53 heavy (non-hydrogen) atoms. The molecule has 4 rings (SSSR count). The van der Waals surface area contributed by atoms with Crippen molar-refractivity contribution in [2.24, 2.45) is 5.73 Å². The van der Waals surface area contributed by atoms with Crippen molar-refractivity contribution in [1.29, 1.82) is 10.5 Å². The first-order valence-corrected chi connectivity index (χ1v) is 16.5. The van der Waals surface area contributed by atoms with E-state index in [4.69, 9.17) is 30.5 Å². The summed E-state index contributed by atoms with van der Waals surface area (Å²) in [5, 5.41) is 20.5. The summed E-state index contributed by atoms with van der Waals surface area (Å²) in [5.41, 5.74) is 3.13. The molecule has 18 heteroatoms. The second-order valence-electron chi connectivity index (χ2n) is 13.4. The summed E-state index contributed by atoms with van der Waals surface area (Å²) in [6.45, 7) is 6.15. The molecule has 2 aliphatic rings. The lowest BCUT2D eigenvalue weighted by atomic mass is 10.1. The number of alkyl carbamates (subject to hydrolysis) is 1. The Bertz CT molecular complexity index is 1680. The van der Waals surface area contributed by atoms with Crippen LogP contribution < -0.4 is 11.1 Å². The van der Waals surface area contributed by atoms with Gasteiger partial charge in [0.05, 0.1) is 34.4 Å². The zero-order chi connectivity index (χ0) is 39.6. The van der Waals surface area contributed by atoms with E-state index in [-0.39, 0.29) is 47.6 Å². The molecule has 2 saturated heterocycles. The number of carbonyl (C=O) groups excluding carboxylic acids is 3. The third kappa shape index (κ3) is 14.0. The highest BCUT2D eigenvalue weighted by molar-refractivity contribution is 5.69. The van der Waals surface area contributed by atoms with Crippen molar-refractivity contribution in [3.05, 3.63) is 69.8 Å². The second-order valence-corrected chi connectivity index (χ2v) is 13.4. The number of ether oxygens (including phenoxy) is 3. The second kappa shape index (κ2) is 18.0. The maximum absolute atomic E-state index is 12.9. The number of nitrogens with two attached hydrogens (primary N) is 1. The number of carbonyl (C=O) groups is 3. The van der Waals surface area contributed by atoms with Crippen molar-refractivity contribution in [2.45, 2.75) is 89.7 Å². The molecule has 0 aromatic heterocycles. The normalized spacial score (nSPS) is 15.6. The minimum atomic E-state index is -4.60. The van der Waals surface area contributed by atoms with Gasteiger partial charge in [0, 0.05) is 38.3 Å². The van der Waals surface area contributed by atoms with E-state index in [1.807, 2.05) is 0 Å². The Hall–Kier alpha value is -5.23. The van der Waals surface area contributed by atoms with Crippen molar-refractivity contribution < 1.29 is 54.9 Å². The van der Waals surface area contributed by atoms with Gasteiger partial charge in [0.1, 0.15) is 18.8 Å². The van der Waals surface area contributed by atoms with E-state index < -0.39 is 47.4 Å². The van der Waals surface area contributed by atoms with Crippen LogP contribution in [0.2, 0.25) is 0 Å². The molecule has 0 spiro atoms. The first-order valence-electron chi connectivity index (χ1n) is 16.5. The van der Waals surface area contributed by atoms with Gasteiger partial charge in [-0.05, 0) is 94.0 Å². The van der Waals surface area contributed by atoms with Crippen molar-refractivity contribution in [3.8, 4) is 12.1 Å². The number of benzene rings is 2. The maximum atomic E-state index is 12.9. The Morgan fingerprint density at radius 1 is 0.736 bits per heavy atom. The lowest BCUT2D eigenvalue weighted by Crippen LogP contribution is -2.47. The highest BCUT2D eigenvalue weighted by Gasteiger charge is 2.33. The van der Waals surface area contributed by atoms with E-state index in [1.165, 1.54) is 21.9 Å². The minimum Gasteiger partial charge on any atom is -0.445 e. The number of halogens is 6. The molecule has 2 fully saturated rings. The first-order chi connectivity index (χ1) is 24.7. The molecule has 2 aliphatic heterocycles. The Morgan fingerprint density at radius 3 is 1.49 bits per heavy atom. The van der Waals surface area contributed by atoms with Crippen molar-refractivity contribution >= 4 is 18.3 Å². The number of hydrogen-bond acceptors (Lipinski definition) is 9. The van der Waals surface area contributed by atoms with Crippen molar-refractivity contribution in [1.82, 2.24) is 15.1 Å². The predicted molar refractivity (Wildman–Crippen MR) is 175 cm³/mol.